The lowest BCUT2D eigenvalue weighted by molar-refractivity contribution is 0.415. The number of aromatic nitrogens is 2. The van der Waals surface area contributed by atoms with Gasteiger partial charge in [0.15, 0.2) is 0 Å². The Hall–Kier alpha value is -2.50. The largest absolute Gasteiger partial charge is 0.497 e. The normalized spacial score (nSPS) is 14.5. The van der Waals surface area contributed by atoms with Gasteiger partial charge in [-0.25, -0.2) is 9.97 Å². The minimum atomic E-state index is 0.895. The third kappa shape index (κ3) is 4.53. The molecule has 2 aromatic rings. The van der Waals surface area contributed by atoms with Crippen LogP contribution < -0.4 is 19.9 Å². The van der Waals surface area contributed by atoms with E-state index in [0.29, 0.717) is 0 Å². The van der Waals surface area contributed by atoms with Gasteiger partial charge in [-0.1, -0.05) is 13.3 Å². The van der Waals surface area contributed by atoms with Crippen molar-refractivity contribution in [3.05, 3.63) is 36.7 Å². The Labute approximate surface area is 149 Å². The highest BCUT2D eigenvalue weighted by atomic mass is 16.5. The van der Waals surface area contributed by atoms with Crippen LogP contribution in [0.15, 0.2) is 36.7 Å². The average Bonchev–Trinajstić information content (AvgIpc) is 2.69. The first-order valence-corrected chi connectivity index (χ1v) is 9.00. The van der Waals surface area contributed by atoms with Crippen LogP contribution in [0, 0.1) is 0 Å². The molecule has 0 radical (unpaired) electrons. The van der Waals surface area contributed by atoms with Crippen LogP contribution in [0.5, 0.6) is 5.75 Å². The van der Waals surface area contributed by atoms with Crippen LogP contribution in [-0.2, 0) is 0 Å². The first kappa shape index (κ1) is 17.3. The predicted octanol–water partition coefficient (Wildman–Crippen LogP) is 3.02. The van der Waals surface area contributed by atoms with E-state index < -0.39 is 0 Å². The van der Waals surface area contributed by atoms with Crippen LogP contribution in [0.1, 0.15) is 19.8 Å². The van der Waals surface area contributed by atoms with Crippen molar-refractivity contribution in [2.45, 2.75) is 19.8 Å². The number of anilines is 3. The van der Waals surface area contributed by atoms with Gasteiger partial charge in [-0.2, -0.15) is 0 Å². The molecule has 0 aliphatic carbocycles. The first-order valence-electron chi connectivity index (χ1n) is 9.00. The van der Waals surface area contributed by atoms with E-state index in [2.05, 4.69) is 50.2 Å². The van der Waals surface area contributed by atoms with Gasteiger partial charge in [-0.15, -0.1) is 0 Å². The number of piperazine rings is 1. The molecule has 1 fully saturated rings. The topological polar surface area (TPSA) is 53.5 Å². The molecule has 1 saturated heterocycles. The Kier molecular flexibility index (Phi) is 5.93. The van der Waals surface area contributed by atoms with Gasteiger partial charge < -0.3 is 19.9 Å². The quantitative estimate of drug-likeness (QED) is 0.781. The highest BCUT2D eigenvalue weighted by Gasteiger charge is 2.18. The molecule has 134 valence electrons. The molecule has 0 saturated carbocycles. The first-order chi connectivity index (χ1) is 12.3. The summed E-state index contributed by atoms with van der Waals surface area (Å²) >= 11 is 0. The number of hydrogen-bond donors (Lipinski definition) is 1. The maximum Gasteiger partial charge on any atom is 0.134 e. The van der Waals surface area contributed by atoms with Crippen molar-refractivity contribution in [1.29, 1.82) is 0 Å². The zero-order valence-electron chi connectivity index (χ0n) is 15.1. The summed E-state index contributed by atoms with van der Waals surface area (Å²) in [5.74, 6) is 2.81. The van der Waals surface area contributed by atoms with Gasteiger partial charge in [0.2, 0.25) is 0 Å². The minimum absolute atomic E-state index is 0.895. The van der Waals surface area contributed by atoms with E-state index in [0.717, 1.165) is 56.5 Å². The summed E-state index contributed by atoms with van der Waals surface area (Å²) < 4.78 is 5.23. The van der Waals surface area contributed by atoms with Crippen molar-refractivity contribution < 1.29 is 4.74 Å². The van der Waals surface area contributed by atoms with E-state index in [4.69, 9.17) is 4.74 Å². The zero-order valence-corrected chi connectivity index (χ0v) is 15.1. The third-order valence-electron chi connectivity index (χ3n) is 4.53. The van der Waals surface area contributed by atoms with Crippen LogP contribution in [-0.4, -0.2) is 49.8 Å². The minimum Gasteiger partial charge on any atom is -0.497 e. The molecular formula is C19H27N5O. The molecule has 1 aliphatic heterocycles. The van der Waals surface area contributed by atoms with Gasteiger partial charge in [0.25, 0.3) is 0 Å². The fraction of sp³-hybridized carbons (Fsp3) is 0.474. The second-order valence-electron chi connectivity index (χ2n) is 6.21. The van der Waals surface area contributed by atoms with Crippen molar-refractivity contribution in [3.8, 4) is 5.75 Å². The number of nitrogens with zero attached hydrogens (tertiary/aromatic N) is 4. The number of benzene rings is 1. The summed E-state index contributed by atoms with van der Waals surface area (Å²) in [6, 6.07) is 10.3. The molecule has 0 spiro atoms. The zero-order chi connectivity index (χ0) is 17.5. The maximum atomic E-state index is 5.23. The summed E-state index contributed by atoms with van der Waals surface area (Å²) in [6.07, 6.45) is 3.98. The summed E-state index contributed by atoms with van der Waals surface area (Å²) in [5.41, 5.74) is 1.24. The highest BCUT2D eigenvalue weighted by molar-refractivity contribution is 5.53. The molecule has 2 heterocycles. The summed E-state index contributed by atoms with van der Waals surface area (Å²) in [4.78, 5) is 13.5. The monoisotopic (exact) mass is 341 g/mol. The second kappa shape index (κ2) is 8.55. The van der Waals surface area contributed by atoms with Crippen LogP contribution in [0.25, 0.3) is 0 Å². The fourth-order valence-electron chi connectivity index (χ4n) is 3.00. The van der Waals surface area contributed by atoms with Gasteiger partial charge >= 0.3 is 0 Å². The van der Waals surface area contributed by atoms with Gasteiger partial charge in [0, 0.05) is 44.5 Å². The Morgan fingerprint density at radius 2 is 1.76 bits per heavy atom. The molecule has 6 nitrogen and oxygen atoms in total. The lowest BCUT2D eigenvalue weighted by atomic mass is 10.2. The van der Waals surface area contributed by atoms with Crippen molar-refractivity contribution in [2.75, 3.05) is 55.0 Å². The number of hydrogen-bond acceptors (Lipinski definition) is 6. The molecule has 0 amide bonds. The van der Waals surface area contributed by atoms with E-state index in [-0.39, 0.29) is 0 Å². The van der Waals surface area contributed by atoms with E-state index in [1.807, 2.05) is 12.1 Å². The highest BCUT2D eigenvalue weighted by Crippen LogP contribution is 2.22. The smallest absolute Gasteiger partial charge is 0.134 e. The Morgan fingerprint density at radius 3 is 2.44 bits per heavy atom. The van der Waals surface area contributed by atoms with Crippen molar-refractivity contribution >= 4 is 17.3 Å². The van der Waals surface area contributed by atoms with E-state index in [9.17, 15) is 0 Å². The summed E-state index contributed by atoms with van der Waals surface area (Å²) in [7, 11) is 1.70. The lowest BCUT2D eigenvalue weighted by Gasteiger charge is -2.36. The maximum absolute atomic E-state index is 5.23. The van der Waals surface area contributed by atoms with E-state index in [1.54, 1.807) is 13.4 Å². The van der Waals surface area contributed by atoms with E-state index >= 15 is 0 Å². The van der Waals surface area contributed by atoms with Gasteiger partial charge in [-0.05, 0) is 30.7 Å². The standard InChI is InChI=1S/C19H27N5O/c1-3-4-9-20-18-14-19(22-15-21-18)24-12-10-23(11-13-24)16-5-7-17(25-2)8-6-16/h5-8,14-15H,3-4,9-13H2,1-2H3,(H,20,21,22). The molecule has 1 N–H and O–H groups in total. The SMILES string of the molecule is CCCCNc1cc(N2CCN(c3ccc(OC)cc3)CC2)ncn1. The predicted molar refractivity (Wildman–Crippen MR) is 103 cm³/mol. The average molecular weight is 341 g/mol. The lowest BCUT2D eigenvalue weighted by Crippen LogP contribution is -2.46. The van der Waals surface area contributed by atoms with Gasteiger partial charge in [0.05, 0.1) is 7.11 Å². The van der Waals surface area contributed by atoms with Crippen LogP contribution in [0.2, 0.25) is 0 Å². The second-order valence-corrected chi connectivity index (χ2v) is 6.21. The summed E-state index contributed by atoms with van der Waals surface area (Å²) in [6.45, 7) is 7.02. The number of methoxy groups -OCH3 is 1. The Morgan fingerprint density at radius 1 is 1.04 bits per heavy atom. The molecule has 25 heavy (non-hydrogen) atoms. The summed E-state index contributed by atoms with van der Waals surface area (Å²) in [5, 5.41) is 3.37. The van der Waals surface area contributed by atoms with Gasteiger partial charge in [-0.3, -0.25) is 0 Å². The van der Waals surface area contributed by atoms with Crippen molar-refractivity contribution in [1.82, 2.24) is 9.97 Å². The molecule has 1 aliphatic rings. The molecule has 0 unspecified atom stereocenters. The van der Waals surface area contributed by atoms with Crippen molar-refractivity contribution in [3.63, 3.8) is 0 Å². The molecule has 6 heteroatoms. The number of unbranched alkanes of at least 4 members (excludes halogenated alkanes) is 1. The number of nitrogens with one attached hydrogen (secondary N) is 1. The third-order valence-corrected chi connectivity index (χ3v) is 4.53. The number of ether oxygens (including phenoxy) is 1. The molecule has 0 bridgehead atoms. The Balaban J connectivity index is 1.57. The van der Waals surface area contributed by atoms with Crippen LogP contribution >= 0.6 is 0 Å². The fourth-order valence-corrected chi connectivity index (χ4v) is 3.00. The molecule has 1 aromatic carbocycles. The number of rotatable bonds is 7. The Bertz CT molecular complexity index is 653. The molecule has 0 atom stereocenters. The van der Waals surface area contributed by atoms with Crippen molar-refractivity contribution in [2.24, 2.45) is 0 Å². The van der Waals surface area contributed by atoms with Crippen LogP contribution in [0.3, 0.4) is 0 Å². The van der Waals surface area contributed by atoms with Gasteiger partial charge in [0.1, 0.15) is 23.7 Å². The van der Waals surface area contributed by atoms with Crippen LogP contribution in [0.4, 0.5) is 17.3 Å². The molecule has 1 aromatic heterocycles. The molecule has 3 rings (SSSR count). The van der Waals surface area contributed by atoms with E-state index in [1.165, 1.54) is 12.1 Å². The molecular weight excluding hydrogens is 314 g/mol.